The van der Waals surface area contributed by atoms with Crippen molar-refractivity contribution in [3.8, 4) is 0 Å². The van der Waals surface area contributed by atoms with Gasteiger partial charge in [-0.15, -0.1) is 22.0 Å². The van der Waals surface area contributed by atoms with Gasteiger partial charge in [0.05, 0.1) is 6.61 Å². The second-order valence-corrected chi connectivity index (χ2v) is 2.38. The molecule has 0 aromatic carbocycles. The van der Waals surface area contributed by atoms with Gasteiger partial charge in [-0.05, 0) is 6.92 Å². The maximum atomic E-state index is 12.7. The largest absolute Gasteiger partial charge is 0.527 e. The van der Waals surface area contributed by atoms with E-state index in [0.29, 0.717) is 0 Å². The molecule has 1 unspecified atom stereocenters. The van der Waals surface area contributed by atoms with Crippen molar-refractivity contribution in [1.82, 2.24) is 0 Å². The smallest absolute Gasteiger partial charge is 0.296 e. The summed E-state index contributed by atoms with van der Waals surface area (Å²) in [6, 6.07) is -4.03. The first-order valence-electron chi connectivity index (χ1n) is 3.65. The molecule has 0 aliphatic heterocycles. The molecule has 0 heterocycles. The average Bonchev–Trinajstić information content (AvgIpc) is 1.74. The standard InChI is InChI=1S/C6H8F6O3/c1-3-13-6(11,12)15-4(2,7)14-5(8,9)10/h3H2,1-2H3. The molecule has 0 rings (SSSR count). The summed E-state index contributed by atoms with van der Waals surface area (Å²) in [6.45, 7) is 0.583. The zero-order valence-corrected chi connectivity index (χ0v) is 7.70. The van der Waals surface area contributed by atoms with Gasteiger partial charge in [0.2, 0.25) is 0 Å². The normalized spacial score (nSPS) is 17.6. The Labute approximate surface area is 80.9 Å². The molecule has 0 spiro atoms. The maximum Gasteiger partial charge on any atom is 0.527 e. The summed E-state index contributed by atoms with van der Waals surface area (Å²) in [5, 5.41) is 0. The summed E-state index contributed by atoms with van der Waals surface area (Å²) in [5.41, 5.74) is 0. The number of rotatable bonds is 5. The van der Waals surface area contributed by atoms with E-state index in [9.17, 15) is 26.3 Å². The van der Waals surface area contributed by atoms with Crippen molar-refractivity contribution in [1.29, 1.82) is 0 Å². The van der Waals surface area contributed by atoms with Crippen molar-refractivity contribution >= 4 is 0 Å². The first-order chi connectivity index (χ1) is 6.47. The molecule has 3 nitrogen and oxygen atoms in total. The van der Waals surface area contributed by atoms with Gasteiger partial charge in [-0.1, -0.05) is 0 Å². The zero-order chi connectivity index (χ0) is 12.3. The molecule has 0 N–H and O–H groups in total. The number of ether oxygens (including phenoxy) is 3. The molecule has 15 heavy (non-hydrogen) atoms. The molecule has 0 fully saturated rings. The van der Waals surface area contributed by atoms with Crippen LogP contribution in [0, 0.1) is 0 Å². The van der Waals surface area contributed by atoms with Crippen LogP contribution in [-0.2, 0) is 14.2 Å². The zero-order valence-electron chi connectivity index (χ0n) is 7.70. The van der Waals surface area contributed by atoms with Gasteiger partial charge in [0.25, 0.3) is 0 Å². The molecule has 0 aromatic heterocycles. The molecular weight excluding hydrogens is 234 g/mol. The van der Waals surface area contributed by atoms with Gasteiger partial charge < -0.3 is 0 Å². The molecular formula is C6H8F6O3. The van der Waals surface area contributed by atoms with Crippen molar-refractivity contribution in [3.05, 3.63) is 0 Å². The van der Waals surface area contributed by atoms with Crippen LogP contribution in [-0.4, -0.2) is 25.3 Å². The van der Waals surface area contributed by atoms with E-state index in [0.717, 1.165) is 6.92 Å². The number of halogens is 6. The predicted octanol–water partition coefficient (Wildman–Crippen LogP) is 2.77. The van der Waals surface area contributed by atoms with E-state index in [1.165, 1.54) is 0 Å². The van der Waals surface area contributed by atoms with Gasteiger partial charge in [0.1, 0.15) is 0 Å². The first-order valence-corrected chi connectivity index (χ1v) is 3.65. The van der Waals surface area contributed by atoms with Crippen molar-refractivity contribution in [2.24, 2.45) is 0 Å². The lowest BCUT2D eigenvalue weighted by atomic mass is 10.7. The van der Waals surface area contributed by atoms with E-state index in [1.807, 2.05) is 0 Å². The van der Waals surface area contributed by atoms with Crippen LogP contribution in [0.4, 0.5) is 26.3 Å². The highest BCUT2D eigenvalue weighted by Gasteiger charge is 2.49. The predicted molar refractivity (Wildman–Crippen MR) is 34.3 cm³/mol. The minimum atomic E-state index is -5.44. The Morgan fingerprint density at radius 1 is 0.933 bits per heavy atom. The molecule has 9 heteroatoms. The molecule has 1 atom stereocenters. The van der Waals surface area contributed by atoms with Crippen LogP contribution >= 0.6 is 0 Å². The van der Waals surface area contributed by atoms with Crippen LogP contribution in [0.2, 0.25) is 0 Å². The van der Waals surface area contributed by atoms with Gasteiger partial charge >= 0.3 is 18.7 Å². The van der Waals surface area contributed by atoms with E-state index >= 15 is 0 Å². The summed E-state index contributed by atoms with van der Waals surface area (Å²) < 4.78 is 81.1. The third kappa shape index (κ3) is 7.40. The Morgan fingerprint density at radius 3 is 1.73 bits per heavy atom. The molecule has 92 valence electrons. The minimum absolute atomic E-state index is 0.0351. The van der Waals surface area contributed by atoms with E-state index in [-0.39, 0.29) is 6.92 Å². The molecule has 0 aromatic rings. The Kier molecular flexibility index (Phi) is 4.37. The lowest BCUT2D eigenvalue weighted by Gasteiger charge is -2.26. The van der Waals surface area contributed by atoms with Crippen LogP contribution < -0.4 is 0 Å². The molecule has 0 saturated carbocycles. The number of hydrogen-bond donors (Lipinski definition) is 0. The fraction of sp³-hybridized carbons (Fsp3) is 1.00. The lowest BCUT2D eigenvalue weighted by Crippen LogP contribution is -2.41. The second-order valence-electron chi connectivity index (χ2n) is 2.38. The van der Waals surface area contributed by atoms with E-state index in [4.69, 9.17) is 0 Å². The van der Waals surface area contributed by atoms with Gasteiger partial charge in [0.15, 0.2) is 0 Å². The van der Waals surface area contributed by atoms with Crippen LogP contribution in [0.15, 0.2) is 0 Å². The molecule has 0 bridgehead atoms. The summed E-state index contributed by atoms with van der Waals surface area (Å²) in [4.78, 5) is 0. The highest BCUT2D eigenvalue weighted by atomic mass is 19.4. The Bertz CT molecular complexity index is 202. The SMILES string of the molecule is CCOC(F)(F)OC(C)(F)OC(F)(F)F. The summed E-state index contributed by atoms with van der Waals surface area (Å²) in [7, 11) is 0. The van der Waals surface area contributed by atoms with Crippen LogP contribution in [0.5, 0.6) is 0 Å². The third-order valence-electron chi connectivity index (χ3n) is 0.912. The van der Waals surface area contributed by atoms with Gasteiger partial charge in [0, 0.05) is 6.92 Å². The van der Waals surface area contributed by atoms with Crippen molar-refractivity contribution in [2.45, 2.75) is 32.5 Å². The van der Waals surface area contributed by atoms with Gasteiger partial charge in [-0.2, -0.15) is 4.39 Å². The third-order valence-corrected chi connectivity index (χ3v) is 0.912. The fourth-order valence-electron chi connectivity index (χ4n) is 0.637. The topological polar surface area (TPSA) is 27.7 Å². The number of hydrogen-bond acceptors (Lipinski definition) is 3. The van der Waals surface area contributed by atoms with E-state index < -0.39 is 25.3 Å². The monoisotopic (exact) mass is 242 g/mol. The maximum absolute atomic E-state index is 12.7. The Hall–Kier alpha value is -0.540. The van der Waals surface area contributed by atoms with Crippen molar-refractivity contribution < 1.29 is 40.6 Å². The molecule has 0 aliphatic carbocycles. The second kappa shape index (κ2) is 4.54. The van der Waals surface area contributed by atoms with Gasteiger partial charge in [-0.25, -0.2) is 9.47 Å². The average molecular weight is 242 g/mol. The Balaban J connectivity index is 4.36. The summed E-state index contributed by atoms with van der Waals surface area (Å²) in [6.07, 6.45) is -9.94. The quantitative estimate of drug-likeness (QED) is 0.548. The van der Waals surface area contributed by atoms with E-state index in [1.54, 1.807) is 0 Å². The first kappa shape index (κ1) is 14.5. The van der Waals surface area contributed by atoms with Crippen LogP contribution in [0.25, 0.3) is 0 Å². The lowest BCUT2D eigenvalue weighted by molar-refractivity contribution is -0.526. The van der Waals surface area contributed by atoms with E-state index in [2.05, 4.69) is 14.2 Å². The highest BCUT2D eigenvalue weighted by molar-refractivity contribution is 4.48. The van der Waals surface area contributed by atoms with Crippen LogP contribution in [0.3, 0.4) is 0 Å². The van der Waals surface area contributed by atoms with Crippen molar-refractivity contribution in [2.75, 3.05) is 6.61 Å². The minimum Gasteiger partial charge on any atom is -0.296 e. The van der Waals surface area contributed by atoms with Crippen LogP contribution in [0.1, 0.15) is 13.8 Å². The van der Waals surface area contributed by atoms with Crippen molar-refractivity contribution in [3.63, 3.8) is 0 Å². The fourth-order valence-corrected chi connectivity index (χ4v) is 0.637. The number of alkyl halides is 6. The molecule has 0 saturated heterocycles. The molecule has 0 amide bonds. The highest BCUT2D eigenvalue weighted by Crippen LogP contribution is 2.32. The summed E-state index contributed by atoms with van der Waals surface area (Å²) in [5.74, 6) is 0. The van der Waals surface area contributed by atoms with Gasteiger partial charge in [-0.3, -0.25) is 4.74 Å². The Morgan fingerprint density at radius 2 is 1.40 bits per heavy atom. The molecule has 0 aliphatic rings. The summed E-state index contributed by atoms with van der Waals surface area (Å²) >= 11 is 0. The molecule has 0 radical (unpaired) electrons.